The summed E-state index contributed by atoms with van der Waals surface area (Å²) in [5, 5.41) is 15.9. The van der Waals surface area contributed by atoms with Crippen molar-refractivity contribution in [2.45, 2.75) is 314 Å². The van der Waals surface area contributed by atoms with Crippen LogP contribution in [0.4, 0.5) is 0 Å². The SMILES string of the molecule is C.C.C.C.C.C.C.C.C.C.CC(C)CC1CCCCC1.CC(C)CCc1ccc(-c2ccccc2)cc1.CC(C)CCc1ccc(O)cc1.CC(C)CCc1ccc2ccccc2c1.CC(C)CCc1ccccc1.CC(C)Cc1c[nH]c2ccccc12.CC(C)Cc1ccc(-c2ccccc2)cc1.CC(C)Cc1cccc2ccccc12.CC(C)Cc1cnc[nH]1. The lowest BCUT2D eigenvalue weighted by Gasteiger charge is -2.22. The molecule has 4 heteroatoms. The molecule has 13 aromatic rings. The van der Waals surface area contributed by atoms with Gasteiger partial charge in [0.15, 0.2) is 0 Å². The number of nitrogens with one attached hydrogen (secondary N) is 2. The lowest BCUT2D eigenvalue weighted by molar-refractivity contribution is 0.305. The molecule has 1 aliphatic carbocycles. The summed E-state index contributed by atoms with van der Waals surface area (Å²) in [7, 11) is 0. The highest BCUT2D eigenvalue weighted by molar-refractivity contribution is 5.86. The van der Waals surface area contributed by atoms with Gasteiger partial charge in [-0.25, -0.2) is 4.98 Å². The minimum Gasteiger partial charge on any atom is -0.508 e. The molecular formula is C123H191N3O. The van der Waals surface area contributed by atoms with E-state index in [1.807, 2.05) is 18.3 Å². The fraction of sp³-hybridized carbons (Fsp3) is 0.455. The van der Waals surface area contributed by atoms with Crippen LogP contribution < -0.4 is 0 Å². The maximum absolute atomic E-state index is 9.03. The summed E-state index contributed by atoms with van der Waals surface area (Å²) >= 11 is 0. The Balaban J connectivity index is -0.000000438. The van der Waals surface area contributed by atoms with Crippen LogP contribution in [0.2, 0.25) is 0 Å². The normalized spacial score (nSPS) is 10.9. The third-order valence-electron chi connectivity index (χ3n) is 20.9. The first-order valence-corrected chi connectivity index (χ1v) is 44.9. The molecule has 0 unspecified atom stereocenters. The van der Waals surface area contributed by atoms with E-state index >= 15 is 0 Å². The van der Waals surface area contributed by atoms with E-state index in [0.717, 1.165) is 78.9 Å². The van der Waals surface area contributed by atoms with Crippen LogP contribution in [0.1, 0.15) is 308 Å². The van der Waals surface area contributed by atoms with Gasteiger partial charge in [-0.2, -0.15) is 0 Å². The molecule has 11 aromatic carbocycles. The number of aromatic amines is 2. The molecule has 0 aliphatic heterocycles. The standard InChI is InChI=1S/C17H20.C16H18.C15H18.C14H16.C12H15N.C11H16O.C11H16.C10H20.C7H12N2.10CH4/c1-14(2)8-9-15-10-12-17(13-11-15)16-6-4-3-5-7-16;1-13(2)12-14-8-10-16(11-9-14)15-6-4-3-5-7-15;1-12(2)7-8-13-9-10-14-5-3-4-6-15(14)11-13;1-11(2)10-13-8-5-7-12-6-3-4-9-14(12)13;1-9(2)7-10-8-13-12-6-4-3-5-11(10)12;1-9(2)3-4-10-5-7-11(12)8-6-10;1-10(2)8-9-11-6-4-3-5-7-11;1-9(2)8-10-6-4-3-5-7-10;1-6(2)3-7-4-8-5-9-7;;;;;;;;;;/h3-7,10-14H,8-9H2,1-2H3;3-11,13H,12H2,1-2H3;3-6,9-12H,7-8H2,1-2H3;3-9,11H,10H2,1-2H3;3-6,8-9,13H,7H2,1-2H3;5-9,12H,3-4H2,1-2H3;3-7,10H,8-9H2,1-2H3;9-10H,3-8H2,1-2H3;4-6H,3H2,1-2H3,(H,8,9);10*1H4. The smallest absolute Gasteiger partial charge is 0.115 e. The van der Waals surface area contributed by atoms with Crippen molar-refractivity contribution in [2.24, 2.45) is 59.2 Å². The maximum Gasteiger partial charge on any atom is 0.115 e. The van der Waals surface area contributed by atoms with E-state index in [2.05, 4.69) is 394 Å². The second-order valence-electron chi connectivity index (χ2n) is 36.3. The number of hydrogen-bond acceptors (Lipinski definition) is 2. The zero-order valence-corrected chi connectivity index (χ0v) is 75.6. The van der Waals surface area contributed by atoms with Crippen molar-refractivity contribution in [3.8, 4) is 28.0 Å². The minimum atomic E-state index is 0. The zero-order chi connectivity index (χ0) is 84.5. The number of rotatable bonds is 24. The number of fused-ring (bicyclic) bond motifs is 3. The van der Waals surface area contributed by atoms with E-state index in [9.17, 15) is 0 Å². The summed E-state index contributed by atoms with van der Waals surface area (Å²) in [5.74, 6) is 8.36. The average molecular weight is 1730 g/mol. The highest BCUT2D eigenvalue weighted by Gasteiger charge is 2.14. The molecule has 127 heavy (non-hydrogen) atoms. The third kappa shape index (κ3) is 53.8. The van der Waals surface area contributed by atoms with E-state index in [1.165, 1.54) is 189 Å². The number of benzene rings is 11. The van der Waals surface area contributed by atoms with Gasteiger partial charge in [0, 0.05) is 29.0 Å². The molecule has 0 radical (unpaired) electrons. The Bertz CT molecular complexity index is 4610. The summed E-state index contributed by atoms with van der Waals surface area (Å²) in [5.41, 5.74) is 17.7. The quantitative estimate of drug-likeness (QED) is 0.0564. The van der Waals surface area contributed by atoms with Gasteiger partial charge in [0.25, 0.3) is 0 Å². The molecule has 2 heterocycles. The van der Waals surface area contributed by atoms with Crippen molar-refractivity contribution >= 4 is 32.4 Å². The summed E-state index contributed by atoms with van der Waals surface area (Å²) in [6.45, 7) is 40.7. The molecule has 14 rings (SSSR count). The van der Waals surface area contributed by atoms with Crippen LogP contribution in [0.15, 0.2) is 292 Å². The molecule has 704 valence electrons. The van der Waals surface area contributed by atoms with Crippen LogP contribution in [0.3, 0.4) is 0 Å². The fourth-order valence-corrected chi connectivity index (χ4v) is 14.5. The number of aromatic nitrogens is 3. The Kier molecular flexibility index (Phi) is 71.8. The van der Waals surface area contributed by atoms with Crippen molar-refractivity contribution in [1.29, 1.82) is 0 Å². The number of aryl methyl sites for hydroxylation is 4. The van der Waals surface area contributed by atoms with Crippen molar-refractivity contribution in [3.05, 3.63) is 336 Å². The molecular weight excluding hydrogens is 1540 g/mol. The van der Waals surface area contributed by atoms with Crippen molar-refractivity contribution in [2.75, 3.05) is 0 Å². The highest BCUT2D eigenvalue weighted by Crippen LogP contribution is 2.30. The predicted molar refractivity (Wildman–Crippen MR) is 583 cm³/mol. The van der Waals surface area contributed by atoms with Crippen LogP contribution >= 0.6 is 0 Å². The average Bonchev–Trinajstić information content (AvgIpc) is 1.79. The van der Waals surface area contributed by atoms with Gasteiger partial charge in [0.1, 0.15) is 5.75 Å². The number of para-hydroxylation sites is 1. The van der Waals surface area contributed by atoms with E-state index < -0.39 is 0 Å². The number of hydrogen-bond donors (Lipinski definition) is 3. The van der Waals surface area contributed by atoms with Gasteiger partial charge < -0.3 is 15.1 Å². The maximum atomic E-state index is 9.03. The molecule has 0 amide bonds. The van der Waals surface area contributed by atoms with Crippen molar-refractivity contribution in [1.82, 2.24) is 15.0 Å². The van der Waals surface area contributed by atoms with E-state index in [0.29, 0.717) is 11.7 Å². The number of aromatic hydroxyl groups is 1. The first-order chi connectivity index (χ1) is 56.3. The molecule has 1 fully saturated rings. The molecule has 0 spiro atoms. The Morgan fingerprint density at radius 3 is 1.11 bits per heavy atom. The fourth-order valence-electron chi connectivity index (χ4n) is 14.5. The zero-order valence-electron chi connectivity index (χ0n) is 75.6. The van der Waals surface area contributed by atoms with Gasteiger partial charge in [-0.15, -0.1) is 0 Å². The molecule has 0 bridgehead atoms. The summed E-state index contributed by atoms with van der Waals surface area (Å²) in [4.78, 5) is 10.3. The predicted octanol–water partition coefficient (Wildman–Crippen LogP) is 39.2. The lowest BCUT2D eigenvalue weighted by atomic mass is 9.84. The Labute approximate surface area is 785 Å². The van der Waals surface area contributed by atoms with Crippen LogP contribution in [0.25, 0.3) is 54.7 Å². The highest BCUT2D eigenvalue weighted by atomic mass is 16.3. The van der Waals surface area contributed by atoms with Gasteiger partial charge in [0.2, 0.25) is 0 Å². The molecule has 4 nitrogen and oxygen atoms in total. The molecule has 0 atom stereocenters. The number of phenolic OH excluding ortho intramolecular Hbond substituents is 1. The van der Waals surface area contributed by atoms with Crippen LogP contribution in [-0.4, -0.2) is 20.1 Å². The number of imidazole rings is 1. The summed E-state index contributed by atoms with van der Waals surface area (Å²) in [6, 6.07) is 96.1. The van der Waals surface area contributed by atoms with E-state index in [4.69, 9.17) is 5.11 Å². The first-order valence-electron chi connectivity index (χ1n) is 44.9. The van der Waals surface area contributed by atoms with Crippen LogP contribution in [0.5, 0.6) is 5.75 Å². The molecule has 0 saturated heterocycles. The Morgan fingerprint density at radius 2 is 0.661 bits per heavy atom. The summed E-state index contributed by atoms with van der Waals surface area (Å²) < 4.78 is 0. The van der Waals surface area contributed by atoms with Gasteiger partial charge in [-0.1, -0.05) is 486 Å². The Hall–Kier alpha value is -9.51. The van der Waals surface area contributed by atoms with Gasteiger partial charge in [-0.3, -0.25) is 0 Å². The minimum absolute atomic E-state index is 0. The second-order valence-corrected chi connectivity index (χ2v) is 36.3. The number of phenols is 1. The third-order valence-corrected chi connectivity index (χ3v) is 20.9. The molecule has 1 aliphatic rings. The van der Waals surface area contributed by atoms with E-state index in [1.54, 1.807) is 18.5 Å². The molecule has 2 aromatic heterocycles. The van der Waals surface area contributed by atoms with E-state index in [-0.39, 0.29) is 74.3 Å². The summed E-state index contributed by atoms with van der Waals surface area (Å²) in [6.07, 6.45) is 29.1. The number of nitrogens with zero attached hydrogens (tertiary/aromatic N) is 1. The first kappa shape index (κ1) is 126. The van der Waals surface area contributed by atoms with Gasteiger partial charge in [-0.05, 0) is 244 Å². The van der Waals surface area contributed by atoms with Crippen LogP contribution in [0, 0.1) is 59.2 Å². The van der Waals surface area contributed by atoms with Crippen molar-refractivity contribution in [3.63, 3.8) is 0 Å². The lowest BCUT2D eigenvalue weighted by Crippen LogP contribution is -2.08. The number of H-pyrrole nitrogens is 2. The molecule has 3 N–H and O–H groups in total. The van der Waals surface area contributed by atoms with Gasteiger partial charge in [0.05, 0.1) is 6.33 Å². The topological polar surface area (TPSA) is 64.7 Å². The van der Waals surface area contributed by atoms with Gasteiger partial charge >= 0.3 is 0 Å². The Morgan fingerprint density at radius 1 is 0.291 bits per heavy atom. The monoisotopic (exact) mass is 1730 g/mol. The van der Waals surface area contributed by atoms with Crippen LogP contribution in [-0.2, 0) is 51.4 Å². The largest absolute Gasteiger partial charge is 0.508 e. The molecule has 1 saturated carbocycles. The van der Waals surface area contributed by atoms with Crippen molar-refractivity contribution < 1.29 is 5.11 Å². The second kappa shape index (κ2) is 72.4.